The fraction of sp³-hybridized carbons (Fsp3) is 0.556. The third-order valence-electron chi connectivity index (χ3n) is 3.73. The van der Waals surface area contributed by atoms with Crippen LogP contribution in [0.4, 0.5) is 16.2 Å². The molecule has 0 radical (unpaired) electrons. The maximum Gasteiger partial charge on any atom is 0.528 e. The summed E-state index contributed by atoms with van der Waals surface area (Å²) < 4.78 is 5.16. The van der Waals surface area contributed by atoms with Crippen LogP contribution in [-0.2, 0) is 14.4 Å². The minimum Gasteiger partial charge on any atom is -0.427 e. The van der Waals surface area contributed by atoms with Gasteiger partial charge in [0.05, 0.1) is 11.4 Å². The van der Waals surface area contributed by atoms with E-state index in [1.807, 2.05) is 43.3 Å². The number of rotatable bonds is 4. The zero-order valence-electron chi connectivity index (χ0n) is 15.5. The van der Waals surface area contributed by atoms with E-state index < -0.39 is 17.8 Å². The van der Waals surface area contributed by atoms with E-state index in [0.29, 0.717) is 13.0 Å². The molecule has 0 saturated carbocycles. The zero-order valence-corrected chi connectivity index (χ0v) is 15.5. The van der Waals surface area contributed by atoms with E-state index in [4.69, 9.17) is 9.57 Å². The lowest BCUT2D eigenvalue weighted by Crippen LogP contribution is -2.42. The van der Waals surface area contributed by atoms with Crippen molar-refractivity contribution in [3.05, 3.63) is 24.3 Å². The molecule has 138 valence electrons. The fourth-order valence-electron chi connectivity index (χ4n) is 2.66. The number of nitrogens with zero attached hydrogens (tertiary/aromatic N) is 2. The first-order valence-corrected chi connectivity index (χ1v) is 8.42. The van der Waals surface area contributed by atoms with Crippen molar-refractivity contribution in [3.63, 3.8) is 0 Å². The second-order valence-electron chi connectivity index (χ2n) is 7.26. The molecule has 2 rings (SSSR count). The number of carbonyl (C=O) groups excluding carboxylic acids is 2. The quantitative estimate of drug-likeness (QED) is 0.843. The van der Waals surface area contributed by atoms with Gasteiger partial charge in [-0.3, -0.25) is 4.79 Å². The fourth-order valence-corrected chi connectivity index (χ4v) is 2.66. The van der Waals surface area contributed by atoms with Gasteiger partial charge in [0.1, 0.15) is 11.6 Å². The van der Waals surface area contributed by atoms with Crippen LogP contribution in [0.3, 0.4) is 0 Å². The summed E-state index contributed by atoms with van der Waals surface area (Å²) in [5.41, 5.74) is 0.995. The van der Waals surface area contributed by atoms with Crippen molar-refractivity contribution >= 4 is 23.4 Å². The van der Waals surface area contributed by atoms with Crippen LogP contribution in [0.1, 0.15) is 33.6 Å². The molecule has 1 aromatic rings. The van der Waals surface area contributed by atoms with Gasteiger partial charge in [0.15, 0.2) is 0 Å². The number of hydrogen-bond donors (Lipinski definition) is 1. The van der Waals surface area contributed by atoms with Crippen molar-refractivity contribution < 1.29 is 19.2 Å². The van der Waals surface area contributed by atoms with Gasteiger partial charge in [-0.05, 0) is 45.7 Å². The van der Waals surface area contributed by atoms with Crippen LogP contribution in [-0.4, -0.2) is 49.4 Å². The van der Waals surface area contributed by atoms with E-state index in [-0.39, 0.29) is 5.91 Å². The predicted molar refractivity (Wildman–Crippen MR) is 96.4 cm³/mol. The van der Waals surface area contributed by atoms with Gasteiger partial charge in [-0.1, -0.05) is 12.1 Å². The van der Waals surface area contributed by atoms with Crippen LogP contribution in [0, 0.1) is 0 Å². The molecule has 25 heavy (non-hydrogen) atoms. The average Bonchev–Trinajstić information content (AvgIpc) is 2.93. The Bertz CT molecular complexity index is 625. The Hall–Kier alpha value is -2.28. The molecule has 7 nitrogen and oxygen atoms in total. The summed E-state index contributed by atoms with van der Waals surface area (Å²) in [6.07, 6.45) is 0.607. The molecule has 1 unspecified atom stereocenters. The molecule has 1 aliphatic heterocycles. The number of anilines is 2. The maximum absolute atomic E-state index is 12.7. The molecule has 1 aromatic carbocycles. The topological polar surface area (TPSA) is 71.1 Å². The molecule has 7 heteroatoms. The van der Waals surface area contributed by atoms with Crippen molar-refractivity contribution in [2.45, 2.75) is 45.3 Å². The summed E-state index contributed by atoms with van der Waals surface area (Å²) in [5.74, 6) is -0.199. The Kier molecular flexibility index (Phi) is 5.89. The van der Waals surface area contributed by atoms with E-state index in [9.17, 15) is 9.59 Å². The minimum absolute atomic E-state index is 0.199. The molecule has 0 bridgehead atoms. The zero-order chi connectivity index (χ0) is 18.6. The lowest BCUT2D eigenvalue weighted by Gasteiger charge is -2.25. The Morgan fingerprint density at radius 1 is 1.24 bits per heavy atom. The Labute approximate surface area is 148 Å². The lowest BCUT2D eigenvalue weighted by atomic mass is 10.2. The highest BCUT2D eigenvalue weighted by atomic mass is 16.8. The molecule has 1 atom stereocenters. The van der Waals surface area contributed by atoms with Crippen molar-refractivity contribution in [1.82, 2.24) is 5.06 Å². The summed E-state index contributed by atoms with van der Waals surface area (Å²) >= 11 is 0. The minimum atomic E-state index is -0.791. The summed E-state index contributed by atoms with van der Waals surface area (Å²) in [4.78, 5) is 31.7. The van der Waals surface area contributed by atoms with E-state index in [1.165, 1.54) is 5.06 Å². The van der Waals surface area contributed by atoms with Gasteiger partial charge in [-0.2, -0.15) is 0 Å². The molecule has 0 spiro atoms. The number of nitrogens with one attached hydrogen (secondary N) is 1. The van der Waals surface area contributed by atoms with Crippen LogP contribution >= 0.6 is 0 Å². The highest BCUT2D eigenvalue weighted by Gasteiger charge is 2.35. The Morgan fingerprint density at radius 2 is 1.92 bits per heavy atom. The highest BCUT2D eigenvalue weighted by Crippen LogP contribution is 2.26. The van der Waals surface area contributed by atoms with Crippen LogP contribution in [0.5, 0.6) is 0 Å². The van der Waals surface area contributed by atoms with E-state index in [0.717, 1.165) is 17.8 Å². The third kappa shape index (κ3) is 5.35. The Morgan fingerprint density at radius 3 is 2.56 bits per heavy atom. The van der Waals surface area contributed by atoms with Crippen molar-refractivity contribution in [3.8, 4) is 0 Å². The number of amides is 1. The van der Waals surface area contributed by atoms with Crippen molar-refractivity contribution in [1.29, 1.82) is 0 Å². The first kappa shape index (κ1) is 19.1. The van der Waals surface area contributed by atoms with E-state index >= 15 is 0 Å². The van der Waals surface area contributed by atoms with Crippen molar-refractivity contribution in [2.24, 2.45) is 0 Å². The predicted octanol–water partition coefficient (Wildman–Crippen LogP) is 3.02. The summed E-state index contributed by atoms with van der Waals surface area (Å²) in [5, 5.41) is 4.34. The SMILES string of the molecule is CN(C)c1ccccc1NC(=O)C1CCCN1OC(=O)OC(C)(C)C. The molecular formula is C18H27N3O4. The number of ether oxygens (including phenoxy) is 1. The summed E-state index contributed by atoms with van der Waals surface area (Å²) in [6.45, 7) is 5.80. The van der Waals surface area contributed by atoms with Gasteiger partial charge in [0.2, 0.25) is 5.91 Å². The van der Waals surface area contributed by atoms with E-state index in [1.54, 1.807) is 20.8 Å². The molecule has 0 aliphatic carbocycles. The average molecular weight is 349 g/mol. The largest absolute Gasteiger partial charge is 0.528 e. The molecule has 0 aromatic heterocycles. The second-order valence-corrected chi connectivity index (χ2v) is 7.26. The van der Waals surface area contributed by atoms with Gasteiger partial charge in [0.25, 0.3) is 0 Å². The van der Waals surface area contributed by atoms with Crippen LogP contribution in [0.2, 0.25) is 0 Å². The number of carbonyl (C=O) groups is 2. The highest BCUT2D eigenvalue weighted by molar-refractivity contribution is 5.97. The monoisotopic (exact) mass is 349 g/mol. The van der Waals surface area contributed by atoms with Gasteiger partial charge in [-0.15, -0.1) is 5.06 Å². The standard InChI is InChI=1S/C18H27N3O4/c1-18(2,3)24-17(23)25-21-12-8-11-15(21)16(22)19-13-9-6-7-10-14(13)20(4)5/h6-7,9-10,15H,8,11-12H2,1-5H3,(H,19,22). The molecular weight excluding hydrogens is 322 g/mol. The first-order chi connectivity index (χ1) is 11.7. The smallest absolute Gasteiger partial charge is 0.427 e. The van der Waals surface area contributed by atoms with Gasteiger partial charge < -0.3 is 19.8 Å². The third-order valence-corrected chi connectivity index (χ3v) is 3.73. The Balaban J connectivity index is 2.02. The number of para-hydroxylation sites is 2. The normalized spacial score (nSPS) is 17.9. The van der Waals surface area contributed by atoms with Gasteiger partial charge in [-0.25, -0.2) is 4.79 Å². The van der Waals surface area contributed by atoms with Crippen molar-refractivity contribution in [2.75, 3.05) is 30.9 Å². The number of hydrogen-bond acceptors (Lipinski definition) is 6. The van der Waals surface area contributed by atoms with Gasteiger partial charge >= 0.3 is 6.16 Å². The van der Waals surface area contributed by atoms with Crippen LogP contribution in [0.15, 0.2) is 24.3 Å². The number of hydroxylamine groups is 2. The maximum atomic E-state index is 12.7. The number of benzene rings is 1. The van der Waals surface area contributed by atoms with Crippen LogP contribution < -0.4 is 10.2 Å². The summed E-state index contributed by atoms with van der Waals surface area (Å²) in [6, 6.07) is 7.04. The molecule has 1 aliphatic rings. The second kappa shape index (κ2) is 7.74. The lowest BCUT2D eigenvalue weighted by molar-refractivity contribution is -0.159. The molecule has 1 N–H and O–H groups in total. The van der Waals surface area contributed by atoms with Gasteiger partial charge in [0, 0.05) is 20.6 Å². The molecule has 1 heterocycles. The molecule has 1 saturated heterocycles. The first-order valence-electron chi connectivity index (χ1n) is 8.42. The van der Waals surface area contributed by atoms with E-state index in [2.05, 4.69) is 5.32 Å². The molecule has 1 fully saturated rings. The molecule has 1 amide bonds. The van der Waals surface area contributed by atoms with Crippen LogP contribution in [0.25, 0.3) is 0 Å². The summed E-state index contributed by atoms with van der Waals surface area (Å²) in [7, 11) is 3.83.